The largest absolute Gasteiger partial charge is 0.326 e. The first-order valence-electron chi connectivity index (χ1n) is 7.85. The summed E-state index contributed by atoms with van der Waals surface area (Å²) in [4.78, 5) is 24.1. The van der Waals surface area contributed by atoms with Gasteiger partial charge in [0.1, 0.15) is 0 Å². The number of benzene rings is 2. The average molecular weight is 358 g/mol. The number of amides is 2. The highest BCUT2D eigenvalue weighted by molar-refractivity contribution is 7.90. The molecule has 2 amide bonds. The average Bonchev–Trinajstić information content (AvgIpc) is 3.41. The van der Waals surface area contributed by atoms with Crippen molar-refractivity contribution >= 4 is 33.0 Å². The van der Waals surface area contributed by atoms with Gasteiger partial charge in [-0.2, -0.15) is 0 Å². The number of anilines is 2. The molecular weight excluding hydrogens is 340 g/mol. The molecule has 0 bridgehead atoms. The molecule has 7 heteroatoms. The van der Waals surface area contributed by atoms with E-state index >= 15 is 0 Å². The predicted octanol–water partition coefficient (Wildman–Crippen LogP) is 2.69. The van der Waals surface area contributed by atoms with Gasteiger partial charge >= 0.3 is 0 Å². The van der Waals surface area contributed by atoms with E-state index in [0.717, 1.165) is 19.1 Å². The van der Waals surface area contributed by atoms with Crippen molar-refractivity contribution in [2.45, 2.75) is 17.7 Å². The summed E-state index contributed by atoms with van der Waals surface area (Å²) in [7, 11) is -3.37. The topological polar surface area (TPSA) is 92.3 Å². The third-order valence-electron chi connectivity index (χ3n) is 3.88. The van der Waals surface area contributed by atoms with Crippen molar-refractivity contribution in [2.24, 2.45) is 5.92 Å². The first kappa shape index (κ1) is 17.2. The molecule has 1 saturated carbocycles. The minimum Gasteiger partial charge on any atom is -0.326 e. The zero-order valence-electron chi connectivity index (χ0n) is 13.7. The van der Waals surface area contributed by atoms with Crippen molar-refractivity contribution in [3.63, 3.8) is 0 Å². The van der Waals surface area contributed by atoms with Crippen molar-refractivity contribution in [1.29, 1.82) is 0 Å². The minimum atomic E-state index is -3.37. The molecule has 0 heterocycles. The van der Waals surface area contributed by atoms with E-state index in [1.165, 1.54) is 18.2 Å². The maximum Gasteiger partial charge on any atom is 0.255 e. The molecule has 2 aromatic carbocycles. The fourth-order valence-electron chi connectivity index (χ4n) is 2.30. The van der Waals surface area contributed by atoms with Gasteiger partial charge in [0.15, 0.2) is 9.84 Å². The molecule has 2 N–H and O–H groups in total. The molecule has 3 rings (SSSR count). The van der Waals surface area contributed by atoms with Crippen molar-refractivity contribution in [2.75, 3.05) is 16.9 Å². The van der Waals surface area contributed by atoms with Crippen LogP contribution < -0.4 is 10.6 Å². The second-order valence-corrected chi connectivity index (χ2v) is 8.11. The molecule has 1 aliphatic rings. The van der Waals surface area contributed by atoms with Gasteiger partial charge in [-0.25, -0.2) is 8.42 Å². The maximum absolute atomic E-state index is 12.3. The Morgan fingerprint density at radius 2 is 1.56 bits per heavy atom. The zero-order valence-corrected chi connectivity index (χ0v) is 14.5. The van der Waals surface area contributed by atoms with Gasteiger partial charge in [-0.05, 0) is 55.3 Å². The van der Waals surface area contributed by atoms with E-state index in [4.69, 9.17) is 0 Å². The number of nitrogens with one attached hydrogen (secondary N) is 2. The van der Waals surface area contributed by atoms with E-state index in [9.17, 15) is 18.0 Å². The summed E-state index contributed by atoms with van der Waals surface area (Å²) in [5.41, 5.74) is 1.49. The monoisotopic (exact) mass is 358 g/mol. The van der Waals surface area contributed by atoms with Crippen LogP contribution in [0.2, 0.25) is 0 Å². The van der Waals surface area contributed by atoms with Gasteiger partial charge in [-0.1, -0.05) is 6.07 Å². The Labute approximate surface area is 146 Å². The Kier molecular flexibility index (Phi) is 4.59. The number of carbonyl (C=O) groups excluding carboxylic acids is 2. The summed E-state index contributed by atoms with van der Waals surface area (Å²) in [5, 5.41) is 5.53. The summed E-state index contributed by atoms with van der Waals surface area (Å²) in [6.07, 6.45) is 2.97. The molecular formula is C18H18N2O4S. The fraction of sp³-hybridized carbons (Fsp3) is 0.222. The van der Waals surface area contributed by atoms with Gasteiger partial charge in [0.25, 0.3) is 5.91 Å². The SMILES string of the molecule is CS(=O)(=O)c1cccc(C(=O)Nc2ccc(NC(=O)C3CC3)cc2)c1. The Morgan fingerprint density at radius 1 is 0.960 bits per heavy atom. The molecule has 130 valence electrons. The fourth-order valence-corrected chi connectivity index (χ4v) is 2.96. The van der Waals surface area contributed by atoms with Crippen LogP contribution in [-0.2, 0) is 14.6 Å². The van der Waals surface area contributed by atoms with Crippen LogP contribution in [0.15, 0.2) is 53.4 Å². The maximum atomic E-state index is 12.3. The third-order valence-corrected chi connectivity index (χ3v) is 4.99. The van der Waals surface area contributed by atoms with E-state index in [-0.39, 0.29) is 22.3 Å². The Bertz CT molecular complexity index is 916. The summed E-state index contributed by atoms with van der Waals surface area (Å²) >= 11 is 0. The minimum absolute atomic E-state index is 0.0226. The molecule has 0 radical (unpaired) electrons. The summed E-state index contributed by atoms with van der Waals surface area (Å²) in [6, 6.07) is 12.7. The molecule has 0 aromatic heterocycles. The first-order chi connectivity index (χ1) is 11.8. The van der Waals surface area contributed by atoms with Crippen molar-refractivity contribution in [1.82, 2.24) is 0 Å². The van der Waals surface area contributed by atoms with Crippen LogP contribution in [-0.4, -0.2) is 26.5 Å². The summed E-state index contributed by atoms with van der Waals surface area (Å²) in [5.74, 6) is -0.254. The van der Waals surface area contributed by atoms with Crippen LogP contribution in [0, 0.1) is 5.92 Å². The van der Waals surface area contributed by atoms with E-state index in [1.807, 2.05) is 0 Å². The van der Waals surface area contributed by atoms with Crippen LogP contribution in [0.5, 0.6) is 0 Å². The standard InChI is InChI=1S/C18H18N2O4S/c1-25(23,24)16-4-2-3-13(11-16)18(22)20-15-9-7-14(8-10-15)19-17(21)12-5-6-12/h2-4,7-12H,5-6H2,1H3,(H,19,21)(H,20,22). The summed E-state index contributed by atoms with van der Waals surface area (Å²) < 4.78 is 23.2. The van der Waals surface area contributed by atoms with E-state index < -0.39 is 15.7 Å². The van der Waals surface area contributed by atoms with Crippen LogP contribution in [0.25, 0.3) is 0 Å². The number of hydrogen-bond acceptors (Lipinski definition) is 4. The molecule has 0 saturated heterocycles. The third kappa shape index (κ3) is 4.45. The Balaban J connectivity index is 1.67. The van der Waals surface area contributed by atoms with Gasteiger partial charge in [-0.15, -0.1) is 0 Å². The molecule has 0 aliphatic heterocycles. The number of sulfone groups is 1. The lowest BCUT2D eigenvalue weighted by atomic mass is 10.2. The second-order valence-electron chi connectivity index (χ2n) is 6.09. The van der Waals surface area contributed by atoms with E-state index in [2.05, 4.69) is 10.6 Å². The van der Waals surface area contributed by atoms with E-state index in [0.29, 0.717) is 11.4 Å². The van der Waals surface area contributed by atoms with Crippen LogP contribution >= 0.6 is 0 Å². The first-order valence-corrected chi connectivity index (χ1v) is 9.74. The molecule has 2 aromatic rings. The molecule has 0 atom stereocenters. The smallest absolute Gasteiger partial charge is 0.255 e. The van der Waals surface area contributed by atoms with Crippen LogP contribution in [0.4, 0.5) is 11.4 Å². The predicted molar refractivity (Wildman–Crippen MR) is 95.3 cm³/mol. The van der Waals surface area contributed by atoms with Gasteiger partial charge in [0, 0.05) is 29.1 Å². The Hall–Kier alpha value is -2.67. The highest BCUT2D eigenvalue weighted by Crippen LogP contribution is 2.30. The van der Waals surface area contributed by atoms with Gasteiger partial charge in [-0.3, -0.25) is 9.59 Å². The molecule has 6 nitrogen and oxygen atoms in total. The molecule has 0 unspecified atom stereocenters. The van der Waals surface area contributed by atoms with Crippen LogP contribution in [0.3, 0.4) is 0 Å². The van der Waals surface area contributed by atoms with Gasteiger partial charge in [0.05, 0.1) is 4.90 Å². The highest BCUT2D eigenvalue weighted by Gasteiger charge is 2.29. The Morgan fingerprint density at radius 3 is 2.12 bits per heavy atom. The van der Waals surface area contributed by atoms with E-state index in [1.54, 1.807) is 30.3 Å². The highest BCUT2D eigenvalue weighted by atomic mass is 32.2. The van der Waals surface area contributed by atoms with Crippen molar-refractivity contribution in [3.8, 4) is 0 Å². The van der Waals surface area contributed by atoms with Crippen molar-refractivity contribution in [3.05, 3.63) is 54.1 Å². The quantitative estimate of drug-likeness (QED) is 0.859. The lowest BCUT2D eigenvalue weighted by molar-refractivity contribution is -0.117. The lowest BCUT2D eigenvalue weighted by Gasteiger charge is -2.08. The van der Waals surface area contributed by atoms with Gasteiger partial charge in [0.2, 0.25) is 5.91 Å². The zero-order chi connectivity index (χ0) is 18.0. The molecule has 1 fully saturated rings. The lowest BCUT2D eigenvalue weighted by Crippen LogP contribution is -2.14. The molecule has 25 heavy (non-hydrogen) atoms. The van der Waals surface area contributed by atoms with Gasteiger partial charge < -0.3 is 10.6 Å². The molecule has 1 aliphatic carbocycles. The van der Waals surface area contributed by atoms with Crippen LogP contribution in [0.1, 0.15) is 23.2 Å². The number of rotatable bonds is 5. The second kappa shape index (κ2) is 6.68. The number of hydrogen-bond donors (Lipinski definition) is 2. The normalized spacial score (nSPS) is 14.0. The number of carbonyl (C=O) groups is 2. The molecule has 0 spiro atoms. The van der Waals surface area contributed by atoms with Crippen molar-refractivity contribution < 1.29 is 18.0 Å². The summed E-state index contributed by atoms with van der Waals surface area (Å²) in [6.45, 7) is 0.